The number of rotatable bonds is 5. The van der Waals surface area contributed by atoms with Crippen LogP contribution >= 0.6 is 0 Å². The van der Waals surface area contributed by atoms with Crippen LogP contribution in [-0.4, -0.2) is 4.68 Å². The largest absolute Gasteiger partial charge is 0.462 e. The van der Waals surface area contributed by atoms with Gasteiger partial charge in [0.15, 0.2) is 12.7 Å². The van der Waals surface area contributed by atoms with Crippen LogP contribution in [0, 0.1) is 11.3 Å². The fraction of sp³-hybridized carbons (Fsp3) is 0.120. The Hall–Kier alpha value is -3.84. The molecule has 0 bridgehead atoms. The quantitative estimate of drug-likeness (QED) is 0.466. The van der Waals surface area contributed by atoms with Gasteiger partial charge in [-0.25, -0.2) is 0 Å². The Bertz CT molecular complexity index is 1080. The van der Waals surface area contributed by atoms with E-state index in [1.807, 2.05) is 80.8 Å². The monoisotopic (exact) mass is 380 g/mol. The van der Waals surface area contributed by atoms with Gasteiger partial charge in [0.1, 0.15) is 6.07 Å². The molecule has 1 unspecified atom stereocenters. The van der Waals surface area contributed by atoms with Gasteiger partial charge in [-0.3, -0.25) is 0 Å². The molecule has 0 spiro atoms. The Labute approximate surface area is 170 Å². The summed E-state index contributed by atoms with van der Waals surface area (Å²) in [6.45, 7) is 0. The molecule has 0 N–H and O–H groups in total. The molecule has 142 valence electrons. The van der Waals surface area contributed by atoms with Crippen molar-refractivity contribution >= 4 is 0 Å². The maximum Gasteiger partial charge on any atom is 0.280 e. The summed E-state index contributed by atoms with van der Waals surface area (Å²) in [5, 5.41) is 9.85. The van der Waals surface area contributed by atoms with E-state index in [2.05, 4.69) is 39.7 Å². The molecule has 0 radical (unpaired) electrons. The lowest BCUT2D eigenvalue weighted by molar-refractivity contribution is -0.740. The summed E-state index contributed by atoms with van der Waals surface area (Å²) in [5.74, 6) is 0.697. The van der Waals surface area contributed by atoms with Crippen molar-refractivity contribution in [1.29, 1.82) is 5.26 Å². The SMILES string of the molecule is Cn1c(-c2ccccc2)c(OC(C#N)c2ccccc2)c(-c2ccccc2)[n+]1C. The van der Waals surface area contributed by atoms with E-state index >= 15 is 0 Å². The van der Waals surface area contributed by atoms with E-state index in [-0.39, 0.29) is 0 Å². The maximum atomic E-state index is 9.85. The molecule has 29 heavy (non-hydrogen) atoms. The predicted octanol–water partition coefficient (Wildman–Crippen LogP) is 4.83. The van der Waals surface area contributed by atoms with E-state index in [9.17, 15) is 5.26 Å². The van der Waals surface area contributed by atoms with Crippen molar-refractivity contribution < 1.29 is 9.42 Å². The number of nitrogens with zero attached hydrogens (tertiary/aromatic N) is 3. The normalized spacial score (nSPS) is 11.6. The Morgan fingerprint density at radius 1 is 0.828 bits per heavy atom. The van der Waals surface area contributed by atoms with E-state index in [4.69, 9.17) is 4.74 Å². The van der Waals surface area contributed by atoms with Crippen molar-refractivity contribution in [3.05, 3.63) is 96.6 Å². The van der Waals surface area contributed by atoms with Gasteiger partial charge in [0.05, 0.1) is 12.6 Å². The zero-order chi connectivity index (χ0) is 20.2. The molecule has 0 aliphatic carbocycles. The molecule has 4 rings (SSSR count). The molecule has 0 saturated heterocycles. The molecule has 1 atom stereocenters. The van der Waals surface area contributed by atoms with Crippen molar-refractivity contribution in [2.24, 2.45) is 14.1 Å². The number of ether oxygens (including phenoxy) is 1. The number of benzene rings is 3. The lowest BCUT2D eigenvalue weighted by Gasteiger charge is -2.13. The van der Waals surface area contributed by atoms with Gasteiger partial charge in [-0.05, 0) is 12.1 Å². The molecule has 1 heterocycles. The van der Waals surface area contributed by atoms with Crippen LogP contribution in [0.1, 0.15) is 11.7 Å². The molecule has 0 saturated carbocycles. The summed E-state index contributed by atoms with van der Waals surface area (Å²) < 4.78 is 10.5. The Kier molecular flexibility index (Phi) is 5.13. The van der Waals surface area contributed by atoms with Gasteiger partial charge in [-0.1, -0.05) is 78.9 Å². The van der Waals surface area contributed by atoms with Crippen LogP contribution in [0.15, 0.2) is 91.0 Å². The number of hydrogen-bond acceptors (Lipinski definition) is 2. The molecule has 0 fully saturated rings. The number of aromatic nitrogens is 2. The third kappa shape index (κ3) is 3.51. The first kappa shape index (κ1) is 18.5. The third-order valence-electron chi connectivity index (χ3n) is 5.08. The second-order valence-corrected chi connectivity index (χ2v) is 6.84. The predicted molar refractivity (Wildman–Crippen MR) is 113 cm³/mol. The summed E-state index contributed by atoms with van der Waals surface area (Å²) in [6.07, 6.45) is -0.705. The van der Waals surface area contributed by atoms with Gasteiger partial charge in [0, 0.05) is 11.1 Å². The number of hydrogen-bond donors (Lipinski definition) is 0. The van der Waals surface area contributed by atoms with Gasteiger partial charge in [-0.15, -0.1) is 4.68 Å². The first-order valence-electron chi connectivity index (χ1n) is 9.51. The molecule has 4 heteroatoms. The van der Waals surface area contributed by atoms with Crippen molar-refractivity contribution in [2.75, 3.05) is 0 Å². The smallest absolute Gasteiger partial charge is 0.280 e. The Morgan fingerprint density at radius 2 is 1.34 bits per heavy atom. The van der Waals surface area contributed by atoms with Crippen LogP contribution < -0.4 is 9.42 Å². The minimum Gasteiger partial charge on any atom is -0.462 e. The summed E-state index contributed by atoms with van der Waals surface area (Å²) in [7, 11) is 4.01. The third-order valence-corrected chi connectivity index (χ3v) is 5.08. The van der Waals surface area contributed by atoms with Gasteiger partial charge in [0.25, 0.3) is 5.69 Å². The Balaban J connectivity index is 1.93. The molecule has 3 aromatic carbocycles. The first-order valence-corrected chi connectivity index (χ1v) is 9.51. The van der Waals surface area contributed by atoms with Crippen molar-refractivity contribution in [2.45, 2.75) is 6.10 Å². The van der Waals surface area contributed by atoms with Gasteiger partial charge in [-0.2, -0.15) is 9.94 Å². The second kappa shape index (κ2) is 8.04. The van der Waals surface area contributed by atoms with Crippen LogP contribution in [0.5, 0.6) is 5.75 Å². The molecule has 0 aliphatic rings. The van der Waals surface area contributed by atoms with Crippen LogP contribution in [-0.2, 0) is 14.1 Å². The fourth-order valence-electron chi connectivity index (χ4n) is 3.56. The zero-order valence-corrected chi connectivity index (χ0v) is 16.5. The first-order chi connectivity index (χ1) is 14.2. The summed E-state index contributed by atoms with van der Waals surface area (Å²) in [4.78, 5) is 0. The molecule has 4 nitrogen and oxygen atoms in total. The second-order valence-electron chi connectivity index (χ2n) is 6.84. The van der Waals surface area contributed by atoms with Crippen molar-refractivity contribution in [1.82, 2.24) is 4.68 Å². The lowest BCUT2D eigenvalue weighted by Crippen LogP contribution is -2.39. The van der Waals surface area contributed by atoms with Gasteiger partial charge in [0.2, 0.25) is 11.9 Å². The Morgan fingerprint density at radius 3 is 1.90 bits per heavy atom. The van der Waals surface area contributed by atoms with Crippen LogP contribution in [0.25, 0.3) is 22.5 Å². The highest BCUT2D eigenvalue weighted by molar-refractivity contribution is 5.76. The van der Waals surface area contributed by atoms with Crippen LogP contribution in [0.4, 0.5) is 0 Å². The minimum atomic E-state index is -0.705. The molecule has 0 amide bonds. The van der Waals surface area contributed by atoms with Gasteiger partial charge < -0.3 is 4.74 Å². The molecule has 1 aromatic heterocycles. The van der Waals surface area contributed by atoms with Crippen molar-refractivity contribution in [3.8, 4) is 34.3 Å². The van der Waals surface area contributed by atoms with E-state index in [0.29, 0.717) is 5.75 Å². The minimum absolute atomic E-state index is 0.697. The van der Waals surface area contributed by atoms with E-state index in [1.54, 1.807) is 0 Å². The molecular weight excluding hydrogens is 358 g/mol. The molecule has 4 aromatic rings. The zero-order valence-electron chi connectivity index (χ0n) is 16.5. The maximum absolute atomic E-state index is 9.85. The summed E-state index contributed by atoms with van der Waals surface area (Å²) in [5.41, 5.74) is 4.77. The van der Waals surface area contributed by atoms with Gasteiger partial charge >= 0.3 is 0 Å². The average molecular weight is 380 g/mol. The molecule has 0 aliphatic heterocycles. The highest BCUT2D eigenvalue weighted by atomic mass is 16.5. The highest BCUT2D eigenvalue weighted by Gasteiger charge is 2.32. The van der Waals surface area contributed by atoms with E-state index < -0.39 is 6.10 Å². The fourth-order valence-corrected chi connectivity index (χ4v) is 3.56. The summed E-state index contributed by atoms with van der Waals surface area (Å²) in [6, 6.07) is 32.2. The standard InChI is InChI=1S/C25H22N3O/c1-27-23(20-14-8-4-9-15-20)25(24(28(27)2)21-16-10-5-11-17-21)29-22(18-26)19-12-6-3-7-13-19/h3-17,22H,1-2H3/q+1. The summed E-state index contributed by atoms with van der Waals surface area (Å²) >= 11 is 0. The average Bonchev–Trinajstić information content (AvgIpc) is 3.03. The van der Waals surface area contributed by atoms with Crippen LogP contribution in [0.2, 0.25) is 0 Å². The highest BCUT2D eigenvalue weighted by Crippen LogP contribution is 2.39. The topological polar surface area (TPSA) is 41.8 Å². The lowest BCUT2D eigenvalue weighted by atomic mass is 10.1. The molecular formula is C25H22N3O+. The van der Waals surface area contributed by atoms with E-state index in [0.717, 1.165) is 28.1 Å². The van der Waals surface area contributed by atoms with E-state index in [1.165, 1.54) is 0 Å². The number of nitriles is 1. The van der Waals surface area contributed by atoms with Crippen molar-refractivity contribution in [3.63, 3.8) is 0 Å². The van der Waals surface area contributed by atoms with Crippen LogP contribution in [0.3, 0.4) is 0 Å².